The third-order valence-electron chi connectivity index (χ3n) is 6.47. The molecule has 2 heterocycles. The van der Waals surface area contributed by atoms with Gasteiger partial charge in [-0.05, 0) is 79.8 Å². The van der Waals surface area contributed by atoms with E-state index in [1.165, 1.54) is 17.7 Å². The second-order valence-electron chi connectivity index (χ2n) is 9.29. The van der Waals surface area contributed by atoms with E-state index >= 15 is 0 Å². The quantitative estimate of drug-likeness (QED) is 0.262. The zero-order chi connectivity index (χ0) is 24.8. The number of fused-ring (bicyclic) bond motifs is 1. The molecular formula is C25H26ClN3O4S. The number of halogens is 1. The number of carbonyl (C=O) groups is 2. The van der Waals surface area contributed by atoms with Crippen molar-refractivity contribution in [3.05, 3.63) is 73.1 Å². The molecule has 0 aromatic heterocycles. The van der Waals surface area contributed by atoms with E-state index < -0.39 is 10.8 Å². The first-order chi connectivity index (χ1) is 16.0. The third kappa shape index (κ3) is 4.44. The Kier molecular flexibility index (Phi) is 6.48. The number of hydrogen-bond acceptors (Lipinski definition) is 6. The van der Waals surface area contributed by atoms with Crippen molar-refractivity contribution < 1.29 is 14.5 Å². The number of nitro benzene ring substituents is 1. The fourth-order valence-electron chi connectivity index (χ4n) is 4.91. The van der Waals surface area contributed by atoms with Gasteiger partial charge in [-0.1, -0.05) is 30.7 Å². The summed E-state index contributed by atoms with van der Waals surface area (Å²) in [6.45, 7) is 9.71. The first-order valence-corrected chi connectivity index (χ1v) is 12.3. The molecule has 0 aliphatic carbocycles. The highest BCUT2D eigenvalue weighted by Gasteiger charge is 2.37. The minimum atomic E-state index is -0.490. The third-order valence-corrected chi connectivity index (χ3v) is 7.70. The van der Waals surface area contributed by atoms with Crippen LogP contribution in [0, 0.1) is 10.1 Å². The van der Waals surface area contributed by atoms with Gasteiger partial charge >= 0.3 is 0 Å². The molecular weight excluding hydrogens is 474 g/mol. The van der Waals surface area contributed by atoms with E-state index in [0.29, 0.717) is 27.0 Å². The number of imide groups is 1. The van der Waals surface area contributed by atoms with Gasteiger partial charge in [-0.3, -0.25) is 24.6 Å². The number of rotatable bonds is 5. The van der Waals surface area contributed by atoms with Gasteiger partial charge in [-0.15, -0.1) is 0 Å². The molecule has 1 unspecified atom stereocenters. The maximum atomic E-state index is 13.0. The summed E-state index contributed by atoms with van der Waals surface area (Å²) >= 11 is 7.52. The van der Waals surface area contributed by atoms with Gasteiger partial charge in [0.05, 0.1) is 16.4 Å². The summed E-state index contributed by atoms with van der Waals surface area (Å²) in [6.07, 6.45) is 2.69. The van der Waals surface area contributed by atoms with Gasteiger partial charge in [0.1, 0.15) is 0 Å². The van der Waals surface area contributed by atoms with Crippen LogP contribution in [-0.2, 0) is 11.3 Å². The van der Waals surface area contributed by atoms with Crippen molar-refractivity contribution >= 4 is 52.0 Å². The molecule has 2 aromatic carbocycles. The highest BCUT2D eigenvalue weighted by atomic mass is 35.5. The Morgan fingerprint density at radius 3 is 2.53 bits per heavy atom. The Balaban J connectivity index is 1.61. The highest BCUT2D eigenvalue weighted by molar-refractivity contribution is 8.18. The number of anilines is 1. The highest BCUT2D eigenvalue weighted by Crippen LogP contribution is 2.46. The van der Waals surface area contributed by atoms with E-state index in [0.717, 1.165) is 35.3 Å². The lowest BCUT2D eigenvalue weighted by Crippen LogP contribution is -2.48. The van der Waals surface area contributed by atoms with Crippen molar-refractivity contribution in [3.8, 4) is 0 Å². The van der Waals surface area contributed by atoms with Crippen LogP contribution in [0.15, 0.2) is 41.3 Å². The van der Waals surface area contributed by atoms with Crippen molar-refractivity contribution in [3.63, 3.8) is 0 Å². The molecule has 1 fully saturated rings. The van der Waals surface area contributed by atoms with E-state index in [2.05, 4.69) is 32.6 Å². The Bertz CT molecular complexity index is 1210. The summed E-state index contributed by atoms with van der Waals surface area (Å²) in [7, 11) is 0. The van der Waals surface area contributed by atoms with Crippen molar-refractivity contribution in [2.75, 3.05) is 11.4 Å². The van der Waals surface area contributed by atoms with Crippen molar-refractivity contribution in [2.45, 2.75) is 52.1 Å². The zero-order valence-electron chi connectivity index (χ0n) is 19.5. The second kappa shape index (κ2) is 9.07. The fraction of sp³-hybridized carbons (Fsp3) is 0.360. The molecule has 7 nitrogen and oxygen atoms in total. The number of amides is 2. The second-order valence-corrected chi connectivity index (χ2v) is 10.7. The topological polar surface area (TPSA) is 83.8 Å². The zero-order valence-corrected chi connectivity index (χ0v) is 21.1. The van der Waals surface area contributed by atoms with E-state index in [4.69, 9.17) is 11.6 Å². The molecule has 2 aliphatic rings. The van der Waals surface area contributed by atoms with Crippen LogP contribution < -0.4 is 4.90 Å². The summed E-state index contributed by atoms with van der Waals surface area (Å²) in [4.78, 5) is 39.7. The van der Waals surface area contributed by atoms with Gasteiger partial charge in [0.25, 0.3) is 16.8 Å². The van der Waals surface area contributed by atoms with Gasteiger partial charge in [-0.2, -0.15) is 0 Å². The van der Waals surface area contributed by atoms with Crippen LogP contribution in [0.25, 0.3) is 6.08 Å². The molecule has 1 atom stereocenters. The van der Waals surface area contributed by atoms with Gasteiger partial charge < -0.3 is 4.90 Å². The molecule has 0 bridgehead atoms. The largest absolute Gasteiger partial charge is 0.366 e. The maximum absolute atomic E-state index is 13.0. The first kappa shape index (κ1) is 24.3. The average Bonchev–Trinajstić information content (AvgIpc) is 3.02. The molecule has 178 valence electrons. The number of nitrogens with zero attached hydrogens (tertiary/aromatic N) is 3. The number of non-ortho nitro benzene ring substituents is 1. The van der Waals surface area contributed by atoms with Gasteiger partial charge in [0, 0.05) is 34.9 Å². The Hall–Kier alpha value is -2.84. The van der Waals surface area contributed by atoms with Crippen molar-refractivity contribution in [1.29, 1.82) is 0 Å². The molecule has 2 aromatic rings. The fourth-order valence-corrected chi connectivity index (χ4v) is 5.95. The Labute approximate surface area is 207 Å². The Morgan fingerprint density at radius 1 is 1.24 bits per heavy atom. The number of benzene rings is 2. The molecule has 1 saturated heterocycles. The lowest BCUT2D eigenvalue weighted by Gasteiger charge is -2.47. The molecule has 34 heavy (non-hydrogen) atoms. The van der Waals surface area contributed by atoms with Crippen LogP contribution in [0.2, 0.25) is 5.02 Å². The van der Waals surface area contributed by atoms with E-state index in [1.807, 2.05) is 12.1 Å². The minimum absolute atomic E-state index is 0.0204. The number of carbonyl (C=O) groups excluding carboxylic acids is 2. The van der Waals surface area contributed by atoms with Crippen LogP contribution in [0.1, 0.15) is 56.7 Å². The molecule has 2 amide bonds. The Morgan fingerprint density at radius 2 is 1.91 bits per heavy atom. The summed E-state index contributed by atoms with van der Waals surface area (Å²) < 4.78 is 0. The summed E-state index contributed by atoms with van der Waals surface area (Å²) in [5.74, 6) is -0.0686. The predicted molar refractivity (Wildman–Crippen MR) is 136 cm³/mol. The monoisotopic (exact) mass is 499 g/mol. The van der Waals surface area contributed by atoms with Crippen LogP contribution in [-0.4, -0.2) is 33.1 Å². The van der Waals surface area contributed by atoms with Crippen LogP contribution >= 0.6 is 23.4 Å². The lowest BCUT2D eigenvalue weighted by atomic mass is 9.79. The van der Waals surface area contributed by atoms with E-state index in [9.17, 15) is 19.7 Å². The van der Waals surface area contributed by atoms with Crippen molar-refractivity contribution in [1.82, 2.24) is 4.90 Å². The number of nitro groups is 1. The van der Waals surface area contributed by atoms with Crippen molar-refractivity contribution in [2.24, 2.45) is 0 Å². The molecule has 0 radical (unpaired) electrons. The number of hydrogen-bond donors (Lipinski definition) is 0. The standard InChI is InChI=1S/C25H26ClN3O4S/c1-5-28-21-12-20(26)17(10-19(21)15(2)13-25(28,3)4)11-22-23(30)27(24(31)34-22)14-16-6-8-18(9-7-16)29(32)33/h6-12,15H,5,13-14H2,1-4H3/b22-11+. The van der Waals surface area contributed by atoms with Crippen LogP contribution in [0.4, 0.5) is 16.2 Å². The molecule has 9 heteroatoms. The summed E-state index contributed by atoms with van der Waals surface area (Å²) in [6, 6.07) is 9.81. The van der Waals surface area contributed by atoms with Crippen LogP contribution in [0.3, 0.4) is 0 Å². The van der Waals surface area contributed by atoms with Crippen LogP contribution in [0.5, 0.6) is 0 Å². The van der Waals surface area contributed by atoms with Gasteiger partial charge in [-0.25, -0.2) is 0 Å². The average molecular weight is 500 g/mol. The van der Waals surface area contributed by atoms with E-state index in [1.54, 1.807) is 18.2 Å². The molecule has 2 aliphatic heterocycles. The van der Waals surface area contributed by atoms with E-state index in [-0.39, 0.29) is 23.0 Å². The molecule has 0 spiro atoms. The summed E-state index contributed by atoms with van der Waals surface area (Å²) in [5, 5.41) is 11.0. The minimum Gasteiger partial charge on any atom is -0.366 e. The predicted octanol–water partition coefficient (Wildman–Crippen LogP) is 6.60. The lowest BCUT2D eigenvalue weighted by molar-refractivity contribution is -0.384. The molecule has 4 rings (SSSR count). The maximum Gasteiger partial charge on any atom is 0.293 e. The molecule has 0 saturated carbocycles. The van der Waals surface area contributed by atoms with Gasteiger partial charge in [0.15, 0.2) is 0 Å². The summed E-state index contributed by atoms with van der Waals surface area (Å²) in [5.41, 5.74) is 3.62. The molecule has 0 N–H and O–H groups in total. The number of thioether (sulfide) groups is 1. The van der Waals surface area contributed by atoms with Gasteiger partial charge in [0.2, 0.25) is 0 Å². The first-order valence-electron chi connectivity index (χ1n) is 11.1. The SMILES string of the molecule is CCN1c2cc(Cl)c(/C=C3/SC(=O)N(Cc4ccc([N+](=O)[O-])cc4)C3=O)cc2C(C)CC1(C)C. The smallest absolute Gasteiger partial charge is 0.293 e. The normalized spacial score (nSPS) is 20.7.